The summed E-state index contributed by atoms with van der Waals surface area (Å²) in [7, 11) is 1.90. The SMILES string of the molecule is CNCc1cncc(-c2ccc(Cl)cc2Cl)c1. The van der Waals surface area contributed by atoms with Crippen LogP contribution in [0.15, 0.2) is 36.7 Å². The van der Waals surface area contributed by atoms with Gasteiger partial charge in [-0.25, -0.2) is 0 Å². The smallest absolute Gasteiger partial charge is 0.0499 e. The van der Waals surface area contributed by atoms with Gasteiger partial charge in [-0.05, 0) is 30.8 Å². The zero-order chi connectivity index (χ0) is 12.3. The average molecular weight is 267 g/mol. The number of rotatable bonds is 3. The van der Waals surface area contributed by atoms with Gasteiger partial charge in [0, 0.05) is 40.1 Å². The van der Waals surface area contributed by atoms with Crippen LogP contribution < -0.4 is 5.32 Å². The topological polar surface area (TPSA) is 24.9 Å². The van der Waals surface area contributed by atoms with Gasteiger partial charge in [-0.2, -0.15) is 0 Å². The van der Waals surface area contributed by atoms with Crippen molar-refractivity contribution in [3.05, 3.63) is 52.3 Å². The van der Waals surface area contributed by atoms with Crippen LogP contribution in [0, 0.1) is 0 Å². The molecule has 0 bridgehead atoms. The summed E-state index contributed by atoms with van der Waals surface area (Å²) in [6.07, 6.45) is 3.64. The van der Waals surface area contributed by atoms with E-state index in [9.17, 15) is 0 Å². The minimum atomic E-state index is 0.637. The normalized spacial score (nSPS) is 10.5. The van der Waals surface area contributed by atoms with Crippen LogP contribution >= 0.6 is 23.2 Å². The zero-order valence-corrected chi connectivity index (χ0v) is 10.9. The van der Waals surface area contributed by atoms with Crippen molar-refractivity contribution in [3.8, 4) is 11.1 Å². The summed E-state index contributed by atoms with van der Waals surface area (Å²) in [5.41, 5.74) is 3.07. The molecule has 2 nitrogen and oxygen atoms in total. The highest BCUT2D eigenvalue weighted by Crippen LogP contribution is 2.30. The number of pyridine rings is 1. The molecule has 0 aliphatic heterocycles. The van der Waals surface area contributed by atoms with Gasteiger partial charge < -0.3 is 5.32 Å². The minimum Gasteiger partial charge on any atom is -0.316 e. The molecule has 1 N–H and O–H groups in total. The van der Waals surface area contributed by atoms with Gasteiger partial charge in [-0.3, -0.25) is 4.98 Å². The van der Waals surface area contributed by atoms with Crippen molar-refractivity contribution in [1.82, 2.24) is 10.3 Å². The highest BCUT2D eigenvalue weighted by atomic mass is 35.5. The first-order chi connectivity index (χ1) is 8.20. The highest BCUT2D eigenvalue weighted by molar-refractivity contribution is 6.36. The molecule has 1 aromatic carbocycles. The molecule has 0 saturated heterocycles. The van der Waals surface area contributed by atoms with E-state index in [4.69, 9.17) is 23.2 Å². The molecular formula is C13H12Cl2N2. The van der Waals surface area contributed by atoms with Gasteiger partial charge in [0.05, 0.1) is 0 Å². The first-order valence-electron chi connectivity index (χ1n) is 5.24. The molecule has 0 fully saturated rings. The lowest BCUT2D eigenvalue weighted by atomic mass is 10.1. The Hall–Kier alpha value is -1.09. The van der Waals surface area contributed by atoms with Crippen molar-refractivity contribution in [1.29, 1.82) is 0 Å². The molecule has 2 rings (SSSR count). The molecule has 0 aliphatic rings. The van der Waals surface area contributed by atoms with Gasteiger partial charge in [0.1, 0.15) is 0 Å². The fraction of sp³-hybridized carbons (Fsp3) is 0.154. The van der Waals surface area contributed by atoms with Crippen LogP contribution in [-0.2, 0) is 6.54 Å². The molecule has 0 saturated carbocycles. The van der Waals surface area contributed by atoms with E-state index in [1.54, 1.807) is 12.3 Å². The molecule has 0 radical (unpaired) electrons. The summed E-state index contributed by atoms with van der Waals surface area (Å²) >= 11 is 12.0. The van der Waals surface area contributed by atoms with Crippen LogP contribution in [0.3, 0.4) is 0 Å². The lowest BCUT2D eigenvalue weighted by Gasteiger charge is -2.06. The van der Waals surface area contributed by atoms with E-state index in [-0.39, 0.29) is 0 Å². The monoisotopic (exact) mass is 266 g/mol. The fourth-order valence-electron chi connectivity index (χ4n) is 1.66. The number of benzene rings is 1. The maximum absolute atomic E-state index is 6.17. The number of nitrogens with zero attached hydrogens (tertiary/aromatic N) is 1. The van der Waals surface area contributed by atoms with Crippen molar-refractivity contribution >= 4 is 23.2 Å². The van der Waals surface area contributed by atoms with Crippen LogP contribution in [0.25, 0.3) is 11.1 Å². The van der Waals surface area contributed by atoms with E-state index in [2.05, 4.69) is 16.4 Å². The highest BCUT2D eigenvalue weighted by Gasteiger charge is 2.05. The van der Waals surface area contributed by atoms with Crippen LogP contribution in [0.2, 0.25) is 10.0 Å². The standard InChI is InChI=1S/C13H12Cl2N2/c1-16-6-9-4-10(8-17-7-9)12-3-2-11(14)5-13(12)15/h2-5,7-8,16H,6H2,1H3. The number of halogens is 2. The van der Waals surface area contributed by atoms with Crippen LogP contribution in [0.5, 0.6) is 0 Å². The van der Waals surface area contributed by atoms with Crippen molar-refractivity contribution in [2.45, 2.75) is 6.54 Å². The van der Waals surface area contributed by atoms with Gasteiger partial charge in [-0.15, -0.1) is 0 Å². The van der Waals surface area contributed by atoms with Crippen molar-refractivity contribution in [2.75, 3.05) is 7.05 Å². The first-order valence-corrected chi connectivity index (χ1v) is 6.00. The molecule has 1 heterocycles. The Morgan fingerprint density at radius 3 is 2.71 bits per heavy atom. The second-order valence-corrected chi connectivity index (χ2v) is 4.58. The van der Waals surface area contributed by atoms with Gasteiger partial charge in [0.25, 0.3) is 0 Å². The maximum Gasteiger partial charge on any atom is 0.0499 e. The van der Waals surface area contributed by atoms with Crippen molar-refractivity contribution < 1.29 is 0 Å². The van der Waals surface area contributed by atoms with Crippen LogP contribution in [0.4, 0.5) is 0 Å². The third kappa shape index (κ3) is 2.97. The van der Waals surface area contributed by atoms with Gasteiger partial charge in [0.2, 0.25) is 0 Å². The molecule has 0 unspecified atom stereocenters. The Balaban J connectivity index is 2.42. The summed E-state index contributed by atoms with van der Waals surface area (Å²) < 4.78 is 0. The second kappa shape index (κ2) is 5.50. The van der Waals surface area contributed by atoms with E-state index in [1.165, 1.54) is 0 Å². The molecule has 0 aliphatic carbocycles. The van der Waals surface area contributed by atoms with Crippen LogP contribution in [-0.4, -0.2) is 12.0 Å². The Bertz CT molecular complexity index is 527. The molecule has 4 heteroatoms. The van der Waals surface area contributed by atoms with Crippen molar-refractivity contribution in [2.24, 2.45) is 0 Å². The largest absolute Gasteiger partial charge is 0.316 e. The van der Waals surface area contributed by atoms with E-state index in [0.29, 0.717) is 10.0 Å². The minimum absolute atomic E-state index is 0.637. The summed E-state index contributed by atoms with van der Waals surface area (Å²) in [5, 5.41) is 4.37. The molecule has 0 atom stereocenters. The van der Waals surface area contributed by atoms with E-state index in [1.807, 2.05) is 25.4 Å². The Kier molecular flexibility index (Phi) is 4.00. The molecule has 0 amide bonds. The summed E-state index contributed by atoms with van der Waals surface area (Å²) in [6.45, 7) is 0.784. The predicted octanol–water partition coefficient (Wildman–Crippen LogP) is 3.77. The van der Waals surface area contributed by atoms with E-state index >= 15 is 0 Å². The van der Waals surface area contributed by atoms with Crippen molar-refractivity contribution in [3.63, 3.8) is 0 Å². The predicted molar refractivity (Wildman–Crippen MR) is 72.5 cm³/mol. The summed E-state index contributed by atoms with van der Waals surface area (Å²) in [5.74, 6) is 0. The summed E-state index contributed by atoms with van der Waals surface area (Å²) in [6, 6.07) is 7.54. The average Bonchev–Trinajstić information content (AvgIpc) is 2.29. The molecule has 88 valence electrons. The first kappa shape index (κ1) is 12.4. The maximum atomic E-state index is 6.17. The third-order valence-corrected chi connectivity index (χ3v) is 2.97. The fourth-order valence-corrected chi connectivity index (χ4v) is 2.18. The third-order valence-electron chi connectivity index (χ3n) is 2.42. The summed E-state index contributed by atoms with van der Waals surface area (Å²) in [4.78, 5) is 4.21. The van der Waals surface area contributed by atoms with E-state index < -0.39 is 0 Å². The van der Waals surface area contributed by atoms with Crippen LogP contribution in [0.1, 0.15) is 5.56 Å². The number of aromatic nitrogens is 1. The zero-order valence-electron chi connectivity index (χ0n) is 9.37. The molecule has 2 aromatic rings. The molecule has 17 heavy (non-hydrogen) atoms. The van der Waals surface area contributed by atoms with Gasteiger partial charge in [-0.1, -0.05) is 29.3 Å². The second-order valence-electron chi connectivity index (χ2n) is 3.74. The number of hydrogen-bond donors (Lipinski definition) is 1. The lowest BCUT2D eigenvalue weighted by molar-refractivity contribution is 0.813. The molecule has 1 aromatic heterocycles. The molecular weight excluding hydrogens is 255 g/mol. The Morgan fingerprint density at radius 2 is 2.00 bits per heavy atom. The Morgan fingerprint density at radius 1 is 1.18 bits per heavy atom. The number of hydrogen-bond acceptors (Lipinski definition) is 2. The van der Waals surface area contributed by atoms with E-state index in [0.717, 1.165) is 23.2 Å². The lowest BCUT2D eigenvalue weighted by Crippen LogP contribution is -2.05. The molecule has 0 spiro atoms. The Labute approximate surface area is 111 Å². The number of nitrogens with one attached hydrogen (secondary N) is 1. The van der Waals surface area contributed by atoms with Gasteiger partial charge in [0.15, 0.2) is 0 Å². The quantitative estimate of drug-likeness (QED) is 0.915. The van der Waals surface area contributed by atoms with Gasteiger partial charge >= 0.3 is 0 Å².